The molecule has 1 aliphatic rings. The van der Waals surface area contributed by atoms with Crippen LogP contribution in [0.15, 0.2) is 58.3 Å². The number of hydrogen-bond donors (Lipinski definition) is 1. The molecule has 0 aliphatic carbocycles. The molecule has 0 fully saturated rings. The molecule has 0 radical (unpaired) electrons. The summed E-state index contributed by atoms with van der Waals surface area (Å²) < 4.78 is 10.5. The van der Waals surface area contributed by atoms with Gasteiger partial charge >= 0.3 is 6.03 Å². The lowest BCUT2D eigenvalue weighted by Gasteiger charge is -2.27. The minimum absolute atomic E-state index is 0.132. The Labute approximate surface area is 212 Å². The van der Waals surface area contributed by atoms with Crippen molar-refractivity contribution in [2.45, 2.75) is 19.4 Å². The van der Waals surface area contributed by atoms with Crippen LogP contribution >= 0.6 is 22.7 Å². The molecular weight excluding hydrogens is 484 g/mol. The highest BCUT2D eigenvalue weighted by atomic mass is 32.1. The molecule has 3 heterocycles. The normalized spacial score (nSPS) is 15.1. The van der Waals surface area contributed by atoms with Crippen molar-refractivity contribution in [2.24, 2.45) is 5.10 Å². The van der Waals surface area contributed by atoms with Gasteiger partial charge in [0.25, 0.3) is 5.91 Å². The highest BCUT2D eigenvalue weighted by molar-refractivity contribution is 7.12. The van der Waals surface area contributed by atoms with E-state index in [0.29, 0.717) is 24.5 Å². The van der Waals surface area contributed by atoms with E-state index in [9.17, 15) is 9.59 Å². The van der Waals surface area contributed by atoms with Gasteiger partial charge in [-0.25, -0.2) is 9.80 Å². The maximum absolute atomic E-state index is 13.6. The summed E-state index contributed by atoms with van der Waals surface area (Å²) in [5.74, 6) is 0.289. The number of urea groups is 1. The van der Waals surface area contributed by atoms with Crippen LogP contribution < -0.4 is 10.1 Å². The van der Waals surface area contributed by atoms with Gasteiger partial charge in [0.15, 0.2) is 0 Å². The molecule has 0 spiro atoms. The average molecular weight is 513 g/mol. The molecule has 184 valence electrons. The topological polar surface area (TPSA) is 83.5 Å². The van der Waals surface area contributed by atoms with Crippen LogP contribution in [0.3, 0.4) is 0 Å². The third-order valence-corrected chi connectivity index (χ3v) is 7.74. The number of rotatable bonds is 9. The van der Waals surface area contributed by atoms with E-state index in [-0.39, 0.29) is 25.0 Å². The molecule has 1 aromatic carbocycles. The molecule has 0 bridgehead atoms. The molecule has 8 nitrogen and oxygen atoms in total. The first kappa shape index (κ1) is 24.9. The molecule has 1 atom stereocenters. The monoisotopic (exact) mass is 512 g/mol. The summed E-state index contributed by atoms with van der Waals surface area (Å²) >= 11 is 3.23. The van der Waals surface area contributed by atoms with Gasteiger partial charge in [-0.3, -0.25) is 4.79 Å². The van der Waals surface area contributed by atoms with Crippen molar-refractivity contribution in [3.8, 4) is 5.75 Å². The van der Waals surface area contributed by atoms with Crippen molar-refractivity contribution in [3.63, 3.8) is 0 Å². The average Bonchev–Trinajstić information content (AvgIpc) is 3.62. The van der Waals surface area contributed by atoms with Crippen molar-refractivity contribution in [1.82, 2.24) is 9.91 Å². The molecule has 1 N–H and O–H groups in total. The van der Waals surface area contributed by atoms with Crippen LogP contribution in [0.5, 0.6) is 5.75 Å². The Morgan fingerprint density at radius 2 is 1.97 bits per heavy atom. The molecule has 4 rings (SSSR count). The van der Waals surface area contributed by atoms with Crippen LogP contribution in [-0.2, 0) is 9.53 Å². The van der Waals surface area contributed by atoms with Crippen molar-refractivity contribution in [1.29, 1.82) is 0 Å². The first-order valence-corrected chi connectivity index (χ1v) is 12.9. The van der Waals surface area contributed by atoms with E-state index in [0.717, 1.165) is 21.0 Å². The fraction of sp³-hybridized carbons (Fsp3) is 0.320. The first-order valence-electron chi connectivity index (χ1n) is 11.2. The lowest BCUT2D eigenvalue weighted by Crippen LogP contribution is -2.44. The van der Waals surface area contributed by atoms with Gasteiger partial charge in [-0.2, -0.15) is 5.10 Å². The number of ether oxygens (including phenoxy) is 2. The zero-order valence-electron chi connectivity index (χ0n) is 19.9. The minimum atomic E-state index is -0.412. The standard InChI is InChI=1S/C25H28N4O4S2/c1-17-10-14-35-24(17)20-15-19(22-9-6-13-34-22)27-29(20)23(30)16-28(11-12-32-2)25(31)26-18-7-4-5-8-21(18)33-3/h4-10,13-14,20H,11-12,15-16H2,1-3H3,(H,26,31). The van der Waals surface area contributed by atoms with Crippen LogP contribution in [0.4, 0.5) is 10.5 Å². The predicted octanol–water partition coefficient (Wildman–Crippen LogP) is 4.98. The van der Waals surface area contributed by atoms with Crippen LogP contribution in [0.25, 0.3) is 0 Å². The largest absolute Gasteiger partial charge is 0.495 e. The maximum atomic E-state index is 13.6. The molecule has 2 aromatic heterocycles. The maximum Gasteiger partial charge on any atom is 0.322 e. The van der Waals surface area contributed by atoms with Gasteiger partial charge in [-0.05, 0) is 47.5 Å². The summed E-state index contributed by atoms with van der Waals surface area (Å²) in [6.45, 7) is 2.46. The van der Waals surface area contributed by atoms with E-state index in [4.69, 9.17) is 14.6 Å². The third kappa shape index (κ3) is 5.72. The number of amides is 3. The van der Waals surface area contributed by atoms with Gasteiger partial charge in [-0.1, -0.05) is 18.2 Å². The van der Waals surface area contributed by atoms with E-state index in [1.165, 1.54) is 4.90 Å². The number of methoxy groups -OCH3 is 2. The third-order valence-electron chi connectivity index (χ3n) is 5.70. The van der Waals surface area contributed by atoms with Gasteiger partial charge in [-0.15, -0.1) is 22.7 Å². The molecule has 3 amide bonds. The fourth-order valence-electron chi connectivity index (χ4n) is 3.89. The summed E-state index contributed by atoms with van der Waals surface area (Å²) in [6.07, 6.45) is 0.638. The van der Waals surface area contributed by atoms with Crippen molar-refractivity contribution in [3.05, 3.63) is 68.5 Å². The smallest absolute Gasteiger partial charge is 0.322 e. The molecule has 10 heteroatoms. The molecule has 35 heavy (non-hydrogen) atoms. The van der Waals surface area contributed by atoms with Gasteiger partial charge < -0.3 is 19.7 Å². The van der Waals surface area contributed by atoms with E-state index in [1.54, 1.807) is 54.0 Å². The zero-order valence-corrected chi connectivity index (χ0v) is 21.5. The second kappa shape index (κ2) is 11.5. The Morgan fingerprint density at radius 3 is 2.66 bits per heavy atom. The van der Waals surface area contributed by atoms with Crippen molar-refractivity contribution in [2.75, 3.05) is 39.2 Å². The summed E-state index contributed by atoms with van der Waals surface area (Å²) in [7, 11) is 3.10. The number of carbonyl (C=O) groups excluding carboxylic acids is 2. The van der Waals surface area contributed by atoms with Crippen molar-refractivity contribution >= 4 is 46.0 Å². The second-order valence-corrected chi connectivity index (χ2v) is 9.89. The molecule has 0 saturated heterocycles. The van der Waals surface area contributed by atoms with Crippen LogP contribution in [0.1, 0.15) is 27.8 Å². The highest BCUT2D eigenvalue weighted by Gasteiger charge is 2.36. The summed E-state index contributed by atoms with van der Waals surface area (Å²) in [4.78, 5) is 30.3. The number of benzene rings is 1. The number of hydrazone groups is 1. The fourth-order valence-corrected chi connectivity index (χ4v) is 5.63. The number of nitrogens with one attached hydrogen (secondary N) is 1. The number of para-hydroxylation sites is 2. The Kier molecular flexibility index (Phi) is 8.17. The second-order valence-electron chi connectivity index (χ2n) is 7.99. The van der Waals surface area contributed by atoms with Crippen LogP contribution in [0.2, 0.25) is 0 Å². The molecule has 1 aliphatic heterocycles. The van der Waals surface area contributed by atoms with E-state index < -0.39 is 6.03 Å². The first-order chi connectivity index (χ1) is 17.0. The number of thiophene rings is 2. The Balaban J connectivity index is 1.56. The van der Waals surface area contributed by atoms with Crippen LogP contribution in [0, 0.1) is 6.92 Å². The lowest BCUT2D eigenvalue weighted by molar-refractivity contribution is -0.133. The van der Waals surface area contributed by atoms with Crippen molar-refractivity contribution < 1.29 is 19.1 Å². The molecule has 3 aromatic rings. The van der Waals surface area contributed by atoms with E-state index >= 15 is 0 Å². The molecule has 1 unspecified atom stereocenters. The quantitative estimate of drug-likeness (QED) is 0.438. The van der Waals surface area contributed by atoms with Gasteiger partial charge in [0.05, 0.1) is 36.0 Å². The Morgan fingerprint density at radius 1 is 1.14 bits per heavy atom. The Hall–Kier alpha value is -3.21. The zero-order chi connectivity index (χ0) is 24.8. The molecular formula is C25H28N4O4S2. The molecule has 0 saturated carbocycles. The highest BCUT2D eigenvalue weighted by Crippen LogP contribution is 2.38. The van der Waals surface area contributed by atoms with E-state index in [1.807, 2.05) is 41.9 Å². The van der Waals surface area contributed by atoms with Gasteiger partial charge in [0, 0.05) is 25.0 Å². The number of nitrogens with zero attached hydrogens (tertiary/aromatic N) is 3. The van der Waals surface area contributed by atoms with Gasteiger partial charge in [0.1, 0.15) is 12.3 Å². The lowest BCUT2D eigenvalue weighted by atomic mass is 10.1. The summed E-state index contributed by atoms with van der Waals surface area (Å²) in [5, 5.41) is 13.1. The number of hydrogen-bond acceptors (Lipinski definition) is 7. The number of carbonyl (C=O) groups is 2. The van der Waals surface area contributed by atoms with Crippen LogP contribution in [-0.4, -0.2) is 61.5 Å². The summed E-state index contributed by atoms with van der Waals surface area (Å²) in [5.41, 5.74) is 2.54. The van der Waals surface area contributed by atoms with E-state index in [2.05, 4.69) is 11.4 Å². The Bertz CT molecular complexity index is 1190. The van der Waals surface area contributed by atoms with Gasteiger partial charge in [0.2, 0.25) is 0 Å². The summed E-state index contributed by atoms with van der Waals surface area (Å²) in [6, 6.07) is 12.6. The SMILES string of the molecule is COCCN(CC(=O)N1N=C(c2cccs2)CC1c1sccc1C)C(=O)Nc1ccccc1OC. The predicted molar refractivity (Wildman–Crippen MR) is 140 cm³/mol. The number of aryl methyl sites for hydroxylation is 1. The number of anilines is 1. The minimum Gasteiger partial charge on any atom is -0.495 e.